The van der Waals surface area contributed by atoms with Crippen LogP contribution in [0.15, 0.2) is 59.2 Å². The van der Waals surface area contributed by atoms with Gasteiger partial charge < -0.3 is 9.47 Å². The highest BCUT2D eigenvalue weighted by atomic mass is 79.9. The van der Waals surface area contributed by atoms with Crippen LogP contribution in [-0.2, 0) is 20.1 Å². The molecule has 0 fully saturated rings. The van der Waals surface area contributed by atoms with Gasteiger partial charge in [0.15, 0.2) is 0 Å². The molecule has 1 amide bonds. The Morgan fingerprint density at radius 2 is 1.87 bits per heavy atom. The molecule has 2 aromatic carbocycles. The lowest BCUT2D eigenvalue weighted by Crippen LogP contribution is -2.27. The summed E-state index contributed by atoms with van der Waals surface area (Å²) in [6.07, 6.45) is 1.75. The molecule has 0 aliphatic carbocycles. The van der Waals surface area contributed by atoms with E-state index >= 15 is 0 Å². The monoisotopic (exact) mass is 464 g/mol. The van der Waals surface area contributed by atoms with Gasteiger partial charge in [0, 0.05) is 42.8 Å². The molecule has 5 nitrogen and oxygen atoms in total. The van der Waals surface area contributed by atoms with Crippen molar-refractivity contribution in [2.75, 3.05) is 7.05 Å². The summed E-state index contributed by atoms with van der Waals surface area (Å²) in [5.41, 5.74) is 6.52. The van der Waals surface area contributed by atoms with Crippen LogP contribution in [0.5, 0.6) is 0 Å². The summed E-state index contributed by atoms with van der Waals surface area (Å²) >= 11 is 3.51. The summed E-state index contributed by atoms with van der Waals surface area (Å²) in [7, 11) is 3.71. The van der Waals surface area contributed by atoms with E-state index in [4.69, 9.17) is 0 Å². The van der Waals surface area contributed by atoms with E-state index < -0.39 is 0 Å². The summed E-state index contributed by atoms with van der Waals surface area (Å²) < 4.78 is 5.02. The highest BCUT2D eigenvalue weighted by Gasteiger charge is 2.18. The Labute approximate surface area is 185 Å². The van der Waals surface area contributed by atoms with Gasteiger partial charge in [0.25, 0.3) is 5.91 Å². The van der Waals surface area contributed by atoms with Crippen molar-refractivity contribution < 1.29 is 4.79 Å². The van der Waals surface area contributed by atoms with Crippen molar-refractivity contribution in [1.82, 2.24) is 19.2 Å². The maximum absolute atomic E-state index is 13.1. The van der Waals surface area contributed by atoms with Crippen LogP contribution in [0.4, 0.5) is 0 Å². The zero-order valence-corrected chi connectivity index (χ0v) is 19.3. The van der Waals surface area contributed by atoms with Crippen LogP contribution < -0.4 is 0 Å². The fraction of sp³-hybridized carbons (Fsp3) is 0.250. The molecule has 30 heavy (non-hydrogen) atoms. The molecule has 154 valence electrons. The van der Waals surface area contributed by atoms with E-state index in [1.807, 2.05) is 32.3 Å². The number of carbonyl (C=O) groups excluding carboxylic acids is 1. The molecule has 2 aromatic heterocycles. The average Bonchev–Trinajstić information content (AvgIpc) is 3.19. The van der Waals surface area contributed by atoms with E-state index in [0.717, 1.165) is 27.6 Å². The van der Waals surface area contributed by atoms with Crippen LogP contribution in [0, 0.1) is 13.8 Å². The third kappa shape index (κ3) is 3.67. The first-order valence-electron chi connectivity index (χ1n) is 9.92. The largest absolute Gasteiger partial charge is 0.340 e. The second kappa shape index (κ2) is 8.11. The minimum absolute atomic E-state index is 0.00198. The minimum Gasteiger partial charge on any atom is -0.340 e. The minimum atomic E-state index is -0.00198. The van der Waals surface area contributed by atoms with Crippen LogP contribution in [0.3, 0.4) is 0 Å². The van der Waals surface area contributed by atoms with Gasteiger partial charge in [-0.3, -0.25) is 9.48 Å². The summed E-state index contributed by atoms with van der Waals surface area (Å²) in [5.74, 6) is -0.00198. The lowest BCUT2D eigenvalue weighted by Gasteiger charge is -2.18. The number of nitrogens with zero attached hydrogens (tertiary/aromatic N) is 4. The lowest BCUT2D eigenvalue weighted by molar-refractivity contribution is 0.0782. The normalized spacial score (nSPS) is 11.2. The van der Waals surface area contributed by atoms with Gasteiger partial charge in [-0.25, -0.2) is 0 Å². The van der Waals surface area contributed by atoms with Gasteiger partial charge >= 0.3 is 0 Å². The van der Waals surface area contributed by atoms with E-state index in [9.17, 15) is 4.79 Å². The molecule has 6 heteroatoms. The molecule has 0 atom stereocenters. The third-order valence-corrected chi connectivity index (χ3v) is 6.48. The molecule has 0 aliphatic rings. The van der Waals surface area contributed by atoms with Crippen molar-refractivity contribution >= 4 is 32.7 Å². The van der Waals surface area contributed by atoms with Crippen molar-refractivity contribution in [3.8, 4) is 0 Å². The van der Waals surface area contributed by atoms with Crippen LogP contribution in [0.2, 0.25) is 0 Å². The molecule has 0 radical (unpaired) electrons. The molecule has 4 aromatic rings. The number of carbonyl (C=O) groups is 1. The molecule has 2 heterocycles. The highest BCUT2D eigenvalue weighted by molar-refractivity contribution is 9.10. The molecule has 4 rings (SSSR count). The number of benzene rings is 2. The van der Waals surface area contributed by atoms with Gasteiger partial charge in [-0.15, -0.1) is 0 Å². The maximum atomic E-state index is 13.1. The van der Waals surface area contributed by atoms with Crippen molar-refractivity contribution in [3.63, 3.8) is 0 Å². The van der Waals surface area contributed by atoms with Crippen molar-refractivity contribution in [2.45, 2.75) is 26.9 Å². The molecule has 0 saturated carbocycles. The van der Waals surface area contributed by atoms with Crippen LogP contribution in [0.25, 0.3) is 10.9 Å². The van der Waals surface area contributed by atoms with Crippen molar-refractivity contribution in [1.29, 1.82) is 0 Å². The Balaban J connectivity index is 1.65. The summed E-state index contributed by atoms with van der Waals surface area (Å²) in [4.78, 5) is 14.8. The number of halogens is 1. The molecule has 0 aliphatic heterocycles. The zero-order chi connectivity index (χ0) is 21.4. The fourth-order valence-electron chi connectivity index (χ4n) is 3.88. The second-order valence-corrected chi connectivity index (χ2v) is 8.59. The Kier molecular flexibility index (Phi) is 5.52. The van der Waals surface area contributed by atoms with E-state index in [2.05, 4.69) is 69.8 Å². The topological polar surface area (TPSA) is 43.1 Å². The predicted octanol–water partition coefficient (Wildman–Crippen LogP) is 5.07. The molecule has 0 saturated heterocycles. The molecule has 0 N–H and O–H groups in total. The van der Waals surface area contributed by atoms with Crippen LogP contribution >= 0.6 is 15.9 Å². The molecule has 0 spiro atoms. The maximum Gasteiger partial charge on any atom is 0.253 e. The lowest BCUT2D eigenvalue weighted by atomic mass is 10.1. The third-order valence-electron chi connectivity index (χ3n) is 5.81. The van der Waals surface area contributed by atoms with E-state index in [-0.39, 0.29) is 5.91 Å². The summed E-state index contributed by atoms with van der Waals surface area (Å²) in [6.45, 7) is 5.58. The van der Waals surface area contributed by atoms with Gasteiger partial charge in [0.1, 0.15) is 0 Å². The van der Waals surface area contributed by atoms with E-state index in [0.29, 0.717) is 12.1 Å². The summed E-state index contributed by atoms with van der Waals surface area (Å²) in [5, 5.41) is 5.36. The van der Waals surface area contributed by atoms with Gasteiger partial charge in [-0.1, -0.05) is 30.3 Å². The molecule has 0 bridgehead atoms. The quantitative estimate of drug-likeness (QED) is 0.413. The Morgan fingerprint density at radius 1 is 1.13 bits per heavy atom. The fourth-order valence-corrected chi connectivity index (χ4v) is 4.36. The standard InChI is InChI=1S/C24H25BrN4O/c1-16-17(2)29(14-18-8-6-5-7-9-18)22-11-10-19(12-20(16)22)24(30)27(3)15-23-21(25)13-26-28(23)4/h5-13H,14-15H2,1-4H3. The number of hydrogen-bond donors (Lipinski definition) is 0. The second-order valence-electron chi connectivity index (χ2n) is 7.74. The molecular formula is C24H25BrN4O. The number of aromatic nitrogens is 3. The number of aryl methyl sites for hydroxylation is 2. The van der Waals surface area contributed by atoms with Gasteiger partial charge in [-0.2, -0.15) is 5.10 Å². The predicted molar refractivity (Wildman–Crippen MR) is 124 cm³/mol. The first-order chi connectivity index (χ1) is 14.4. The van der Waals surface area contributed by atoms with E-state index in [1.165, 1.54) is 16.8 Å². The Morgan fingerprint density at radius 3 is 2.53 bits per heavy atom. The Bertz CT molecular complexity index is 1200. The number of rotatable bonds is 5. The summed E-state index contributed by atoms with van der Waals surface area (Å²) in [6, 6.07) is 16.5. The number of hydrogen-bond acceptors (Lipinski definition) is 2. The van der Waals surface area contributed by atoms with Crippen LogP contribution in [0.1, 0.15) is 32.9 Å². The highest BCUT2D eigenvalue weighted by Crippen LogP contribution is 2.28. The average molecular weight is 465 g/mol. The first-order valence-corrected chi connectivity index (χ1v) is 10.7. The van der Waals surface area contributed by atoms with Gasteiger partial charge in [0.2, 0.25) is 0 Å². The van der Waals surface area contributed by atoms with Crippen molar-refractivity contribution in [2.24, 2.45) is 7.05 Å². The number of fused-ring (bicyclic) bond motifs is 1. The molecule has 0 unspecified atom stereocenters. The van der Waals surface area contributed by atoms with Crippen molar-refractivity contribution in [3.05, 3.63) is 87.3 Å². The first kappa shape index (κ1) is 20.4. The van der Waals surface area contributed by atoms with Crippen LogP contribution in [-0.4, -0.2) is 32.2 Å². The zero-order valence-electron chi connectivity index (χ0n) is 17.7. The number of amides is 1. The Hall–Kier alpha value is -2.86. The SMILES string of the molecule is Cc1c(C)n(Cc2ccccc2)c2ccc(C(=O)N(C)Cc3c(Br)cnn3C)cc12. The smallest absolute Gasteiger partial charge is 0.253 e. The van der Waals surface area contributed by atoms with Gasteiger partial charge in [0.05, 0.1) is 22.9 Å². The van der Waals surface area contributed by atoms with Gasteiger partial charge in [-0.05, 0) is 59.1 Å². The van der Waals surface area contributed by atoms with E-state index in [1.54, 1.807) is 15.8 Å². The molecular weight excluding hydrogens is 440 g/mol.